The predicted octanol–water partition coefficient (Wildman–Crippen LogP) is 4.30. The number of nitrogens with zero attached hydrogens (tertiary/aromatic N) is 5. The van der Waals surface area contributed by atoms with Crippen molar-refractivity contribution in [1.29, 1.82) is 5.26 Å². The number of aromatic nitrogens is 4. The fraction of sp³-hybridized carbons (Fsp3) is 0.250. The molecule has 7 nitrogen and oxygen atoms in total. The van der Waals surface area contributed by atoms with Gasteiger partial charge in [0.25, 0.3) is 0 Å². The normalized spacial score (nSPS) is 10.7. The highest BCUT2D eigenvalue weighted by Crippen LogP contribution is 2.31. The Labute approximate surface area is 182 Å². The molecule has 0 saturated carbocycles. The number of halogens is 4. The van der Waals surface area contributed by atoms with Crippen LogP contribution in [0.1, 0.15) is 23.5 Å². The summed E-state index contributed by atoms with van der Waals surface area (Å²) in [5, 5.41) is 12.3. The Morgan fingerprint density at radius 2 is 1.94 bits per heavy atom. The monoisotopic (exact) mass is 450 g/mol. The van der Waals surface area contributed by atoms with Gasteiger partial charge in [-0.15, -0.1) is 12.4 Å². The fourth-order valence-electron chi connectivity index (χ4n) is 2.71. The summed E-state index contributed by atoms with van der Waals surface area (Å²) < 4.78 is 44.0. The number of anilines is 1. The molecule has 0 aliphatic heterocycles. The van der Waals surface area contributed by atoms with Crippen LogP contribution < -0.4 is 10.1 Å². The van der Waals surface area contributed by atoms with E-state index in [9.17, 15) is 18.4 Å². The van der Waals surface area contributed by atoms with Crippen molar-refractivity contribution in [2.24, 2.45) is 0 Å². The first-order valence-electron chi connectivity index (χ1n) is 8.94. The molecule has 0 aliphatic carbocycles. The number of aryl methyl sites for hydroxylation is 1. The Hall–Kier alpha value is -3.45. The molecular formula is C20H18ClF3N6O. The summed E-state index contributed by atoms with van der Waals surface area (Å²) >= 11 is 0. The molecule has 0 saturated heterocycles. The number of methoxy groups -OCH3 is 1. The molecule has 0 unspecified atom stereocenters. The number of rotatable bonds is 7. The second-order valence-corrected chi connectivity index (χ2v) is 6.23. The minimum Gasteiger partial charge on any atom is -0.481 e. The molecule has 162 valence electrons. The average Bonchev–Trinajstić information content (AvgIpc) is 2.76. The van der Waals surface area contributed by atoms with E-state index in [0.29, 0.717) is 36.8 Å². The van der Waals surface area contributed by atoms with Crippen LogP contribution in [-0.4, -0.2) is 33.6 Å². The topological polar surface area (TPSA) is 96.6 Å². The molecule has 11 heteroatoms. The van der Waals surface area contributed by atoms with Crippen molar-refractivity contribution in [2.45, 2.75) is 19.0 Å². The van der Waals surface area contributed by atoms with Gasteiger partial charge >= 0.3 is 6.18 Å². The van der Waals surface area contributed by atoms with Crippen molar-refractivity contribution in [3.8, 4) is 23.2 Å². The molecule has 0 spiro atoms. The van der Waals surface area contributed by atoms with E-state index in [1.165, 1.54) is 25.6 Å². The van der Waals surface area contributed by atoms with Crippen molar-refractivity contribution in [2.75, 3.05) is 19.0 Å². The zero-order chi connectivity index (χ0) is 21.6. The van der Waals surface area contributed by atoms with Crippen LogP contribution in [0.5, 0.6) is 5.88 Å². The van der Waals surface area contributed by atoms with Gasteiger partial charge in [-0.1, -0.05) is 12.1 Å². The Balaban J connectivity index is 0.00000341. The molecule has 0 fully saturated rings. The first kappa shape index (κ1) is 23.8. The van der Waals surface area contributed by atoms with Crippen LogP contribution in [0.2, 0.25) is 0 Å². The van der Waals surface area contributed by atoms with Crippen LogP contribution >= 0.6 is 12.4 Å². The second-order valence-electron chi connectivity index (χ2n) is 6.23. The summed E-state index contributed by atoms with van der Waals surface area (Å²) in [6, 6.07) is 9.95. The summed E-state index contributed by atoms with van der Waals surface area (Å²) in [5.74, 6) is 0.952. The van der Waals surface area contributed by atoms with E-state index >= 15 is 0 Å². The van der Waals surface area contributed by atoms with Gasteiger partial charge in [0, 0.05) is 23.9 Å². The first-order chi connectivity index (χ1) is 14.4. The van der Waals surface area contributed by atoms with Crippen molar-refractivity contribution in [3.63, 3.8) is 0 Å². The van der Waals surface area contributed by atoms with Crippen LogP contribution in [0, 0.1) is 11.3 Å². The van der Waals surface area contributed by atoms with Gasteiger partial charge in [0.15, 0.2) is 0 Å². The van der Waals surface area contributed by atoms with Crippen LogP contribution in [0.3, 0.4) is 0 Å². The maximum atomic E-state index is 13.0. The lowest BCUT2D eigenvalue weighted by molar-refractivity contribution is -0.137. The smallest absolute Gasteiger partial charge is 0.416 e. The van der Waals surface area contributed by atoms with E-state index in [1.54, 1.807) is 12.1 Å². The average molecular weight is 451 g/mol. The highest BCUT2D eigenvalue weighted by molar-refractivity contribution is 5.85. The van der Waals surface area contributed by atoms with Gasteiger partial charge in [-0.25, -0.2) is 19.9 Å². The van der Waals surface area contributed by atoms with Gasteiger partial charge in [-0.3, -0.25) is 0 Å². The summed E-state index contributed by atoms with van der Waals surface area (Å²) in [7, 11) is 1.51. The second kappa shape index (κ2) is 10.5. The lowest BCUT2D eigenvalue weighted by atomic mass is 10.1. The molecular weight excluding hydrogens is 433 g/mol. The van der Waals surface area contributed by atoms with Crippen molar-refractivity contribution in [1.82, 2.24) is 19.9 Å². The third-order valence-corrected chi connectivity index (χ3v) is 4.13. The van der Waals surface area contributed by atoms with Gasteiger partial charge in [-0.2, -0.15) is 18.4 Å². The highest BCUT2D eigenvalue weighted by Gasteiger charge is 2.30. The van der Waals surface area contributed by atoms with Gasteiger partial charge in [0.2, 0.25) is 11.7 Å². The highest BCUT2D eigenvalue weighted by atomic mass is 35.5. The van der Waals surface area contributed by atoms with Crippen LogP contribution in [-0.2, 0) is 12.6 Å². The number of ether oxygens (including phenoxy) is 1. The van der Waals surface area contributed by atoms with E-state index in [4.69, 9.17) is 4.74 Å². The number of nitrogens with one attached hydrogen (secondary N) is 1. The van der Waals surface area contributed by atoms with Gasteiger partial charge in [0.05, 0.1) is 18.4 Å². The Bertz CT molecular complexity index is 1070. The lowest BCUT2D eigenvalue weighted by Crippen LogP contribution is -2.07. The summed E-state index contributed by atoms with van der Waals surface area (Å²) in [6.07, 6.45) is -1.93. The number of hydrogen-bond donors (Lipinski definition) is 1. The third kappa shape index (κ3) is 6.52. The largest absolute Gasteiger partial charge is 0.481 e. The van der Waals surface area contributed by atoms with E-state index < -0.39 is 11.7 Å². The van der Waals surface area contributed by atoms with E-state index in [1.807, 2.05) is 6.07 Å². The zero-order valence-corrected chi connectivity index (χ0v) is 17.2. The standard InChI is InChI=1S/C20H17F3N6O.ClH/c1-30-19-10-17(26-12-27-19)25-7-3-6-15-9-16(29-18(11-24)28-15)13-4-2-5-14(8-13)20(21,22)23;/h2,4-5,8-10,12H,3,6-7H2,1H3,(H,25,26,27);1H. The predicted molar refractivity (Wildman–Crippen MR) is 110 cm³/mol. The van der Waals surface area contributed by atoms with Crippen LogP contribution in [0.25, 0.3) is 11.3 Å². The molecule has 0 bridgehead atoms. The van der Waals surface area contributed by atoms with E-state index in [2.05, 4.69) is 25.3 Å². The number of hydrogen-bond acceptors (Lipinski definition) is 7. The maximum absolute atomic E-state index is 13.0. The molecule has 0 amide bonds. The molecule has 0 atom stereocenters. The van der Waals surface area contributed by atoms with Gasteiger partial charge < -0.3 is 10.1 Å². The van der Waals surface area contributed by atoms with Gasteiger partial charge in [0.1, 0.15) is 18.2 Å². The lowest BCUT2D eigenvalue weighted by Gasteiger charge is -2.10. The van der Waals surface area contributed by atoms with Crippen LogP contribution in [0.15, 0.2) is 42.7 Å². The third-order valence-electron chi connectivity index (χ3n) is 4.13. The molecule has 2 heterocycles. The Kier molecular flexibility index (Phi) is 8.10. The molecule has 0 aliphatic rings. The molecule has 1 N–H and O–H groups in total. The van der Waals surface area contributed by atoms with Crippen LogP contribution in [0.4, 0.5) is 19.0 Å². The van der Waals surface area contributed by atoms with E-state index in [-0.39, 0.29) is 29.5 Å². The van der Waals surface area contributed by atoms with E-state index in [0.717, 1.165) is 12.1 Å². The quantitative estimate of drug-likeness (QED) is 0.536. The molecule has 1 aromatic carbocycles. The number of benzene rings is 1. The Morgan fingerprint density at radius 1 is 1.13 bits per heavy atom. The molecule has 3 aromatic rings. The van der Waals surface area contributed by atoms with Crippen molar-refractivity contribution >= 4 is 18.2 Å². The number of alkyl halides is 3. The molecule has 2 aromatic heterocycles. The first-order valence-corrected chi connectivity index (χ1v) is 8.94. The summed E-state index contributed by atoms with van der Waals surface area (Å²) in [6.45, 7) is 0.560. The fourth-order valence-corrected chi connectivity index (χ4v) is 2.71. The minimum absolute atomic E-state index is 0. The molecule has 0 radical (unpaired) electrons. The Morgan fingerprint density at radius 3 is 2.65 bits per heavy atom. The van der Waals surface area contributed by atoms with Crippen molar-refractivity contribution < 1.29 is 17.9 Å². The van der Waals surface area contributed by atoms with Crippen molar-refractivity contribution in [3.05, 3.63) is 59.8 Å². The summed E-state index contributed by atoms with van der Waals surface area (Å²) in [4.78, 5) is 16.2. The number of nitriles is 1. The summed E-state index contributed by atoms with van der Waals surface area (Å²) in [5.41, 5.74) is 0.339. The minimum atomic E-state index is -4.46. The van der Waals surface area contributed by atoms with Gasteiger partial charge in [-0.05, 0) is 31.0 Å². The SMILES string of the molecule is COc1cc(NCCCc2cc(-c3cccc(C(F)(F)F)c3)nc(C#N)n2)ncn1.Cl. The zero-order valence-electron chi connectivity index (χ0n) is 16.3. The molecule has 3 rings (SSSR count). The maximum Gasteiger partial charge on any atom is 0.416 e. The molecule has 31 heavy (non-hydrogen) atoms.